The van der Waals surface area contributed by atoms with Crippen molar-refractivity contribution in [3.63, 3.8) is 0 Å². The molecular formula is C13H18F2N2OS. The molecule has 1 aromatic heterocycles. The zero-order chi connectivity index (χ0) is 14.2. The molecule has 19 heavy (non-hydrogen) atoms. The molecule has 0 radical (unpaired) electrons. The minimum absolute atomic E-state index is 0.0190. The molecular weight excluding hydrogens is 270 g/mol. The van der Waals surface area contributed by atoms with Crippen molar-refractivity contribution >= 4 is 27.8 Å². The lowest BCUT2D eigenvalue weighted by molar-refractivity contribution is 0.0944. The maximum absolute atomic E-state index is 12.3. The molecule has 0 unspecified atom stereocenters. The number of carbonyl (C=O) groups is 1. The van der Waals surface area contributed by atoms with Gasteiger partial charge in [-0.1, -0.05) is 13.8 Å². The second-order valence-corrected chi connectivity index (χ2v) is 6.17. The number of hydrogen-bond acceptors (Lipinski definition) is 4. The number of hydrogen-bond donors (Lipinski definition) is 2. The summed E-state index contributed by atoms with van der Waals surface area (Å²) in [5.74, 6) is 0.163. The molecule has 0 amide bonds. The summed E-state index contributed by atoms with van der Waals surface area (Å²) in [7, 11) is 0. The molecule has 1 aromatic rings. The third kappa shape index (κ3) is 3.05. The lowest BCUT2D eigenvalue weighted by atomic mass is 10.0. The molecule has 1 fully saturated rings. The number of carbonyl (C=O) groups excluding carboxylic acids is 1. The molecule has 1 aliphatic carbocycles. The van der Waals surface area contributed by atoms with Crippen molar-refractivity contribution < 1.29 is 13.6 Å². The number of halogens is 2. The smallest absolute Gasteiger partial charge is 0.255 e. The van der Waals surface area contributed by atoms with Crippen LogP contribution < -0.4 is 11.1 Å². The van der Waals surface area contributed by atoms with E-state index in [0.717, 1.165) is 18.4 Å². The summed E-state index contributed by atoms with van der Waals surface area (Å²) in [6, 6.07) is 0. The highest BCUT2D eigenvalue weighted by Gasteiger charge is 2.33. The molecule has 1 heterocycles. The average Bonchev–Trinajstić information content (AvgIpc) is 3.10. The molecule has 106 valence electrons. The maximum Gasteiger partial charge on any atom is 0.255 e. The quantitative estimate of drug-likeness (QED) is 0.784. The van der Waals surface area contributed by atoms with Crippen molar-refractivity contribution in [3.05, 3.63) is 10.4 Å². The van der Waals surface area contributed by atoms with Gasteiger partial charge in [-0.05, 0) is 18.8 Å². The highest BCUT2D eigenvalue weighted by molar-refractivity contribution is 7.18. The van der Waals surface area contributed by atoms with Gasteiger partial charge in [0.2, 0.25) is 0 Å². The van der Waals surface area contributed by atoms with E-state index in [1.54, 1.807) is 0 Å². The van der Waals surface area contributed by atoms with E-state index in [2.05, 4.69) is 5.32 Å². The van der Waals surface area contributed by atoms with Gasteiger partial charge < -0.3 is 11.1 Å². The van der Waals surface area contributed by atoms with Crippen LogP contribution in [0.4, 0.5) is 19.5 Å². The Hall–Kier alpha value is -1.17. The predicted molar refractivity (Wildman–Crippen MR) is 74.4 cm³/mol. The van der Waals surface area contributed by atoms with Crippen molar-refractivity contribution in [2.75, 3.05) is 17.6 Å². The fraction of sp³-hybridized carbons (Fsp3) is 0.615. The van der Waals surface area contributed by atoms with Crippen LogP contribution in [-0.4, -0.2) is 18.8 Å². The van der Waals surface area contributed by atoms with Crippen molar-refractivity contribution in [2.24, 2.45) is 5.92 Å². The third-order valence-electron chi connectivity index (χ3n) is 3.13. The maximum atomic E-state index is 12.3. The molecule has 6 heteroatoms. The van der Waals surface area contributed by atoms with Crippen LogP contribution in [0.25, 0.3) is 0 Å². The van der Waals surface area contributed by atoms with Gasteiger partial charge in [0, 0.05) is 11.5 Å². The van der Waals surface area contributed by atoms with Crippen LogP contribution in [0.3, 0.4) is 0 Å². The van der Waals surface area contributed by atoms with E-state index in [4.69, 9.17) is 5.73 Å². The summed E-state index contributed by atoms with van der Waals surface area (Å²) in [5.41, 5.74) is 7.41. The highest BCUT2D eigenvalue weighted by Crippen LogP contribution is 2.51. The number of ketones is 1. The minimum atomic E-state index is -2.42. The number of alkyl halides is 2. The van der Waals surface area contributed by atoms with Crippen LogP contribution in [0.5, 0.6) is 0 Å². The normalized spacial score (nSPS) is 15.3. The van der Waals surface area contributed by atoms with Crippen molar-refractivity contribution in [3.8, 4) is 0 Å². The Labute approximate surface area is 115 Å². The minimum Gasteiger partial charge on any atom is -0.397 e. The van der Waals surface area contributed by atoms with Gasteiger partial charge >= 0.3 is 0 Å². The largest absolute Gasteiger partial charge is 0.397 e. The summed E-state index contributed by atoms with van der Waals surface area (Å²) in [4.78, 5) is 12.6. The number of Topliss-reactive ketones (excluding diaryl/α,β-unsaturated/α-hetero) is 1. The first kappa shape index (κ1) is 14.2. The zero-order valence-electron chi connectivity index (χ0n) is 11.0. The number of nitrogens with one attached hydrogen (secondary N) is 1. The summed E-state index contributed by atoms with van der Waals surface area (Å²) < 4.78 is 24.6. The number of nitrogen functional groups attached to an aromatic ring is 1. The van der Waals surface area contributed by atoms with Gasteiger partial charge in [-0.15, -0.1) is 11.3 Å². The van der Waals surface area contributed by atoms with Gasteiger partial charge in [0.25, 0.3) is 6.43 Å². The Balaban J connectivity index is 2.31. The van der Waals surface area contributed by atoms with Gasteiger partial charge in [0.15, 0.2) is 5.78 Å². The fourth-order valence-electron chi connectivity index (χ4n) is 1.98. The third-order valence-corrected chi connectivity index (χ3v) is 4.33. The molecule has 0 spiro atoms. The lowest BCUT2D eigenvalue weighted by Gasteiger charge is -2.06. The second kappa shape index (κ2) is 5.45. The monoisotopic (exact) mass is 288 g/mol. The summed E-state index contributed by atoms with van der Waals surface area (Å²) >= 11 is 1.21. The lowest BCUT2D eigenvalue weighted by Crippen LogP contribution is -2.10. The van der Waals surface area contributed by atoms with E-state index in [0.29, 0.717) is 21.5 Å². The van der Waals surface area contributed by atoms with Crippen LogP contribution in [-0.2, 0) is 0 Å². The molecule has 3 nitrogen and oxygen atoms in total. The van der Waals surface area contributed by atoms with E-state index < -0.39 is 13.0 Å². The molecule has 0 atom stereocenters. The fourth-order valence-corrected chi connectivity index (χ4v) is 3.28. The number of nitrogens with two attached hydrogens (primary N) is 1. The number of anilines is 2. The van der Waals surface area contributed by atoms with E-state index in [1.807, 2.05) is 13.8 Å². The molecule has 0 bridgehead atoms. The van der Waals surface area contributed by atoms with Crippen LogP contribution in [0.15, 0.2) is 0 Å². The summed E-state index contributed by atoms with van der Waals surface area (Å²) in [6.07, 6.45) is -0.390. The first-order valence-corrected chi connectivity index (χ1v) is 7.21. The first-order chi connectivity index (χ1) is 8.91. The SMILES string of the molecule is CC(C)C(=O)c1sc(NCC(F)F)c(C2CC2)c1N. The Bertz CT molecular complexity index is 481. The Morgan fingerprint density at radius 3 is 2.58 bits per heavy atom. The second-order valence-electron chi connectivity index (χ2n) is 5.15. The molecule has 1 saturated carbocycles. The Kier molecular flexibility index (Phi) is 4.08. The molecule has 0 aromatic carbocycles. The molecule has 2 rings (SSSR count). The van der Waals surface area contributed by atoms with E-state index in [9.17, 15) is 13.6 Å². The van der Waals surface area contributed by atoms with Crippen LogP contribution in [0.1, 0.15) is 47.8 Å². The molecule has 0 saturated heterocycles. The zero-order valence-corrected chi connectivity index (χ0v) is 11.8. The van der Waals surface area contributed by atoms with E-state index in [-0.39, 0.29) is 11.7 Å². The van der Waals surface area contributed by atoms with Gasteiger partial charge in [-0.2, -0.15) is 0 Å². The van der Waals surface area contributed by atoms with Gasteiger partial charge in [-0.3, -0.25) is 4.79 Å². The average molecular weight is 288 g/mol. The number of thiophene rings is 1. The van der Waals surface area contributed by atoms with E-state index in [1.165, 1.54) is 11.3 Å². The van der Waals surface area contributed by atoms with Gasteiger partial charge in [-0.25, -0.2) is 8.78 Å². The Morgan fingerprint density at radius 2 is 2.11 bits per heavy atom. The van der Waals surface area contributed by atoms with Crippen molar-refractivity contribution in [1.82, 2.24) is 0 Å². The topological polar surface area (TPSA) is 55.1 Å². The highest BCUT2D eigenvalue weighted by atomic mass is 32.1. The Morgan fingerprint density at radius 1 is 1.47 bits per heavy atom. The molecule has 0 aliphatic heterocycles. The van der Waals surface area contributed by atoms with Gasteiger partial charge in [0.05, 0.1) is 22.1 Å². The predicted octanol–water partition coefficient (Wildman–Crippen LogP) is 3.72. The van der Waals surface area contributed by atoms with Crippen molar-refractivity contribution in [1.29, 1.82) is 0 Å². The van der Waals surface area contributed by atoms with Crippen LogP contribution >= 0.6 is 11.3 Å². The van der Waals surface area contributed by atoms with Crippen LogP contribution in [0.2, 0.25) is 0 Å². The molecule has 3 N–H and O–H groups in total. The van der Waals surface area contributed by atoms with Crippen LogP contribution in [0, 0.1) is 5.92 Å². The standard InChI is InChI=1S/C13H18F2N2OS/c1-6(2)11(18)12-10(16)9(7-3-4-7)13(19-12)17-5-8(14)15/h6-8,17H,3-5,16H2,1-2H3. The summed E-state index contributed by atoms with van der Waals surface area (Å²) in [5, 5.41) is 3.37. The number of rotatable bonds is 6. The van der Waals surface area contributed by atoms with Gasteiger partial charge in [0.1, 0.15) is 0 Å². The molecule has 1 aliphatic rings. The van der Waals surface area contributed by atoms with E-state index >= 15 is 0 Å². The van der Waals surface area contributed by atoms with Crippen molar-refractivity contribution in [2.45, 2.75) is 39.0 Å². The first-order valence-electron chi connectivity index (χ1n) is 6.40. The summed E-state index contributed by atoms with van der Waals surface area (Å²) in [6.45, 7) is 3.21.